The van der Waals surface area contributed by atoms with Gasteiger partial charge in [0.05, 0.1) is 13.2 Å². The van der Waals surface area contributed by atoms with E-state index in [2.05, 4.69) is 10.1 Å². The highest BCUT2D eigenvalue weighted by Gasteiger charge is 2.23. The number of nitrogens with zero attached hydrogens (tertiary/aromatic N) is 1. The Hall–Kier alpha value is -1.10. The van der Waals surface area contributed by atoms with Crippen LogP contribution in [-0.4, -0.2) is 50.1 Å². The number of carbonyl (C=O) groups is 2. The summed E-state index contributed by atoms with van der Waals surface area (Å²) in [6.45, 7) is 1.53. The predicted octanol–water partition coefficient (Wildman–Crippen LogP) is 0.540. The van der Waals surface area contributed by atoms with Crippen LogP contribution >= 0.6 is 0 Å². The van der Waals surface area contributed by atoms with Crippen molar-refractivity contribution in [3.05, 3.63) is 0 Å². The fourth-order valence-electron chi connectivity index (χ4n) is 2.00. The van der Waals surface area contributed by atoms with Gasteiger partial charge in [0.2, 0.25) is 5.91 Å². The molecule has 1 aliphatic rings. The highest BCUT2D eigenvalue weighted by Crippen LogP contribution is 2.09. The first kappa shape index (κ1) is 14.0. The lowest BCUT2D eigenvalue weighted by atomic mass is 10.0. The Bertz CT molecular complexity index is 262. The van der Waals surface area contributed by atoms with Crippen LogP contribution in [0.3, 0.4) is 0 Å². The molecule has 1 saturated heterocycles. The lowest BCUT2D eigenvalue weighted by Gasteiger charge is -2.27. The molecule has 0 saturated carbocycles. The Labute approximate surface area is 102 Å². The molecule has 1 atom stereocenters. The molecule has 0 bridgehead atoms. The number of rotatable bonds is 5. The van der Waals surface area contributed by atoms with Gasteiger partial charge in [-0.1, -0.05) is 6.42 Å². The molecule has 0 aliphatic carbocycles. The van der Waals surface area contributed by atoms with Crippen LogP contribution in [0, 0.1) is 0 Å². The molecule has 0 radical (unpaired) electrons. The smallest absolute Gasteiger partial charge is 0.305 e. The van der Waals surface area contributed by atoms with Crippen LogP contribution in [0.4, 0.5) is 0 Å². The molecular formula is C12H22N2O3. The normalized spacial score (nSPS) is 19.8. The van der Waals surface area contributed by atoms with Crippen LogP contribution in [0.25, 0.3) is 0 Å². The van der Waals surface area contributed by atoms with Crippen LogP contribution in [0.5, 0.6) is 0 Å². The van der Waals surface area contributed by atoms with Crippen LogP contribution in [0.15, 0.2) is 0 Å². The molecule has 0 spiro atoms. The van der Waals surface area contributed by atoms with Gasteiger partial charge in [-0.2, -0.15) is 0 Å². The molecule has 1 amide bonds. The van der Waals surface area contributed by atoms with Crippen LogP contribution < -0.4 is 5.32 Å². The van der Waals surface area contributed by atoms with Gasteiger partial charge in [0.1, 0.15) is 0 Å². The maximum Gasteiger partial charge on any atom is 0.305 e. The number of likely N-dealkylation sites (N-methyl/N-ethyl adjacent to an activating group) is 1. The Morgan fingerprint density at radius 2 is 2.18 bits per heavy atom. The minimum atomic E-state index is -0.221. The lowest BCUT2D eigenvalue weighted by molar-refractivity contribution is -0.141. The van der Waals surface area contributed by atoms with Crippen molar-refractivity contribution in [2.75, 3.05) is 27.2 Å². The first-order valence-electron chi connectivity index (χ1n) is 6.20. The van der Waals surface area contributed by atoms with Gasteiger partial charge in [0.25, 0.3) is 0 Å². The van der Waals surface area contributed by atoms with Gasteiger partial charge in [-0.05, 0) is 25.8 Å². The molecule has 1 aliphatic heterocycles. The van der Waals surface area contributed by atoms with E-state index in [1.165, 1.54) is 7.11 Å². The van der Waals surface area contributed by atoms with Gasteiger partial charge in [0.15, 0.2) is 0 Å². The van der Waals surface area contributed by atoms with E-state index in [4.69, 9.17) is 0 Å². The van der Waals surface area contributed by atoms with E-state index in [-0.39, 0.29) is 17.9 Å². The molecule has 98 valence electrons. The van der Waals surface area contributed by atoms with Crippen molar-refractivity contribution in [1.82, 2.24) is 10.2 Å². The van der Waals surface area contributed by atoms with Crippen molar-refractivity contribution in [3.8, 4) is 0 Å². The van der Waals surface area contributed by atoms with Gasteiger partial charge >= 0.3 is 5.97 Å². The number of hydrogen-bond donors (Lipinski definition) is 1. The summed E-state index contributed by atoms with van der Waals surface area (Å²) in [6.07, 6.45) is 4.20. The maximum absolute atomic E-state index is 12.0. The van der Waals surface area contributed by atoms with E-state index >= 15 is 0 Å². The largest absolute Gasteiger partial charge is 0.469 e. The minimum Gasteiger partial charge on any atom is -0.469 e. The Morgan fingerprint density at radius 1 is 1.41 bits per heavy atom. The predicted molar refractivity (Wildman–Crippen MR) is 64.5 cm³/mol. The molecule has 1 heterocycles. The Balaban J connectivity index is 2.23. The highest BCUT2D eigenvalue weighted by molar-refractivity contribution is 5.81. The number of amides is 1. The first-order chi connectivity index (χ1) is 8.15. The fraction of sp³-hybridized carbons (Fsp3) is 0.833. The van der Waals surface area contributed by atoms with E-state index in [0.29, 0.717) is 19.4 Å². The van der Waals surface area contributed by atoms with Gasteiger partial charge in [-0.25, -0.2) is 0 Å². The molecule has 0 aromatic heterocycles. The molecule has 0 aromatic carbocycles. The first-order valence-corrected chi connectivity index (χ1v) is 6.20. The molecule has 1 unspecified atom stereocenters. The Morgan fingerprint density at radius 3 is 2.76 bits per heavy atom. The summed E-state index contributed by atoms with van der Waals surface area (Å²) in [5.74, 6) is -0.0868. The summed E-state index contributed by atoms with van der Waals surface area (Å²) < 4.78 is 4.55. The summed E-state index contributed by atoms with van der Waals surface area (Å²) in [5, 5.41) is 3.23. The van der Waals surface area contributed by atoms with Crippen molar-refractivity contribution in [2.45, 2.75) is 38.1 Å². The van der Waals surface area contributed by atoms with Gasteiger partial charge in [0, 0.05) is 20.0 Å². The van der Waals surface area contributed by atoms with Crippen molar-refractivity contribution >= 4 is 11.9 Å². The molecule has 1 fully saturated rings. The van der Waals surface area contributed by atoms with E-state index < -0.39 is 0 Å². The molecule has 1 rings (SSSR count). The van der Waals surface area contributed by atoms with Gasteiger partial charge in [-0.3, -0.25) is 9.59 Å². The zero-order valence-corrected chi connectivity index (χ0v) is 10.7. The summed E-state index contributed by atoms with van der Waals surface area (Å²) in [7, 11) is 3.17. The summed E-state index contributed by atoms with van der Waals surface area (Å²) in [5.41, 5.74) is 0. The number of nitrogens with one attached hydrogen (secondary N) is 1. The topological polar surface area (TPSA) is 58.6 Å². The monoisotopic (exact) mass is 242 g/mol. The summed E-state index contributed by atoms with van der Waals surface area (Å²) in [4.78, 5) is 24.6. The second-order valence-electron chi connectivity index (χ2n) is 4.44. The molecule has 17 heavy (non-hydrogen) atoms. The number of ether oxygens (including phenoxy) is 1. The highest BCUT2D eigenvalue weighted by atomic mass is 16.5. The quantitative estimate of drug-likeness (QED) is 0.715. The SMILES string of the molecule is COC(=O)CCCN(C)C(=O)C1CCCCN1. The third-order valence-electron chi connectivity index (χ3n) is 3.09. The van der Waals surface area contributed by atoms with Gasteiger partial charge in [-0.15, -0.1) is 0 Å². The van der Waals surface area contributed by atoms with Crippen molar-refractivity contribution < 1.29 is 14.3 Å². The third kappa shape index (κ3) is 4.73. The second-order valence-corrected chi connectivity index (χ2v) is 4.44. The van der Waals surface area contributed by atoms with Crippen molar-refractivity contribution in [1.29, 1.82) is 0 Å². The summed E-state index contributed by atoms with van der Waals surface area (Å²) in [6, 6.07) is -0.0353. The minimum absolute atomic E-state index is 0.0353. The zero-order valence-electron chi connectivity index (χ0n) is 10.7. The van der Waals surface area contributed by atoms with E-state index in [0.717, 1.165) is 25.8 Å². The number of hydrogen-bond acceptors (Lipinski definition) is 4. The Kier molecular flexibility index (Phi) is 5.97. The molecular weight excluding hydrogens is 220 g/mol. The lowest BCUT2D eigenvalue weighted by Crippen LogP contribution is -2.47. The zero-order chi connectivity index (χ0) is 12.7. The van der Waals surface area contributed by atoms with Crippen LogP contribution in [0.2, 0.25) is 0 Å². The maximum atomic E-state index is 12.0. The number of piperidine rings is 1. The molecule has 0 aromatic rings. The molecule has 5 heteroatoms. The molecule has 5 nitrogen and oxygen atoms in total. The van der Waals surface area contributed by atoms with Crippen LogP contribution in [0.1, 0.15) is 32.1 Å². The number of carbonyl (C=O) groups excluding carboxylic acids is 2. The van der Waals surface area contributed by atoms with E-state index in [1.54, 1.807) is 11.9 Å². The third-order valence-corrected chi connectivity index (χ3v) is 3.09. The fourth-order valence-corrected chi connectivity index (χ4v) is 2.00. The van der Waals surface area contributed by atoms with Crippen LogP contribution in [-0.2, 0) is 14.3 Å². The number of esters is 1. The average molecular weight is 242 g/mol. The average Bonchev–Trinajstić information content (AvgIpc) is 2.38. The van der Waals surface area contributed by atoms with Gasteiger partial charge < -0.3 is 15.0 Å². The van der Waals surface area contributed by atoms with Crippen molar-refractivity contribution in [3.63, 3.8) is 0 Å². The second kappa shape index (κ2) is 7.27. The molecule has 1 N–H and O–H groups in total. The van der Waals surface area contributed by atoms with Crippen molar-refractivity contribution in [2.24, 2.45) is 0 Å². The number of methoxy groups -OCH3 is 1. The van der Waals surface area contributed by atoms with E-state index in [9.17, 15) is 9.59 Å². The summed E-state index contributed by atoms with van der Waals surface area (Å²) >= 11 is 0. The standard InChI is InChI=1S/C12H22N2O3/c1-14(9-5-7-11(15)17-2)12(16)10-6-3-4-8-13-10/h10,13H,3-9H2,1-2H3. The van der Waals surface area contributed by atoms with E-state index in [1.807, 2.05) is 0 Å².